The number of rotatable bonds is 4. The molecule has 0 heterocycles. The molecule has 0 aromatic rings. The molecular weight excluding hydrogens is 186 g/mol. The smallest absolute Gasteiger partial charge is 0.294 e. The minimum absolute atomic E-state index is 0.119. The van der Waals surface area contributed by atoms with E-state index >= 15 is 0 Å². The highest BCUT2D eigenvalue weighted by Crippen LogP contribution is 1.98. The van der Waals surface area contributed by atoms with Crippen LogP contribution in [-0.2, 0) is 19.2 Å². The van der Waals surface area contributed by atoms with Gasteiger partial charge in [-0.05, 0) is 13.8 Å². The molecule has 78 valence electrons. The molecule has 0 bridgehead atoms. The van der Waals surface area contributed by atoms with Crippen molar-refractivity contribution in [3.05, 3.63) is 0 Å². The highest BCUT2D eigenvalue weighted by molar-refractivity contribution is 6.42. The molecule has 0 aromatic heterocycles. The number of carbonyl (C=O) groups is 4. The van der Waals surface area contributed by atoms with Crippen molar-refractivity contribution in [3.8, 4) is 0 Å². The van der Waals surface area contributed by atoms with Crippen LogP contribution in [0, 0.1) is 5.92 Å². The summed E-state index contributed by atoms with van der Waals surface area (Å²) >= 11 is 0. The maximum absolute atomic E-state index is 11.2. The van der Waals surface area contributed by atoms with Gasteiger partial charge in [-0.3, -0.25) is 24.5 Å². The quantitative estimate of drug-likeness (QED) is 0.503. The summed E-state index contributed by atoms with van der Waals surface area (Å²) in [6.45, 7) is 4.11. The van der Waals surface area contributed by atoms with Gasteiger partial charge in [0.25, 0.3) is 5.91 Å². The minimum atomic E-state index is -1.01. The highest BCUT2D eigenvalue weighted by Gasteiger charge is 2.25. The fourth-order valence-electron chi connectivity index (χ4n) is 0.658. The van der Waals surface area contributed by atoms with Gasteiger partial charge >= 0.3 is 0 Å². The molecule has 0 spiro atoms. The van der Waals surface area contributed by atoms with Crippen molar-refractivity contribution in [1.82, 2.24) is 5.32 Å². The average molecular weight is 199 g/mol. The molecule has 2 amide bonds. The van der Waals surface area contributed by atoms with Crippen LogP contribution in [0.15, 0.2) is 0 Å². The lowest BCUT2D eigenvalue weighted by Crippen LogP contribution is -2.39. The summed E-state index contributed by atoms with van der Waals surface area (Å²) in [7, 11) is 0. The van der Waals surface area contributed by atoms with Gasteiger partial charge in [-0.2, -0.15) is 0 Å². The van der Waals surface area contributed by atoms with Crippen LogP contribution in [0.5, 0.6) is 0 Å². The molecule has 0 saturated carbocycles. The molecule has 0 fully saturated rings. The summed E-state index contributed by atoms with van der Waals surface area (Å²) in [4.78, 5) is 43.7. The molecule has 5 heteroatoms. The lowest BCUT2D eigenvalue weighted by atomic mass is 10.0. The number of imide groups is 1. The first-order chi connectivity index (χ1) is 6.40. The summed E-state index contributed by atoms with van der Waals surface area (Å²) in [5, 5.41) is 1.89. The van der Waals surface area contributed by atoms with E-state index in [9.17, 15) is 19.2 Å². The normalized spacial score (nSPS) is 11.6. The van der Waals surface area contributed by atoms with Crippen molar-refractivity contribution in [3.63, 3.8) is 0 Å². The molecule has 14 heavy (non-hydrogen) atoms. The predicted molar refractivity (Wildman–Crippen MR) is 48.3 cm³/mol. The lowest BCUT2D eigenvalue weighted by Gasteiger charge is -2.05. The van der Waals surface area contributed by atoms with E-state index in [1.807, 2.05) is 5.32 Å². The molecule has 0 aromatic carbocycles. The van der Waals surface area contributed by atoms with Crippen LogP contribution >= 0.6 is 0 Å². The van der Waals surface area contributed by atoms with E-state index in [1.54, 1.807) is 6.92 Å². The van der Waals surface area contributed by atoms with Gasteiger partial charge in [-0.15, -0.1) is 0 Å². The number of amides is 2. The van der Waals surface area contributed by atoms with Crippen LogP contribution in [0.1, 0.15) is 27.2 Å². The Morgan fingerprint density at radius 1 is 1.21 bits per heavy atom. The second-order valence-electron chi connectivity index (χ2n) is 2.93. The van der Waals surface area contributed by atoms with Crippen molar-refractivity contribution >= 4 is 23.4 Å². The first-order valence-electron chi connectivity index (χ1n) is 4.28. The molecule has 0 saturated heterocycles. The molecule has 1 atom stereocenters. The Hall–Kier alpha value is -1.52. The first kappa shape index (κ1) is 12.5. The van der Waals surface area contributed by atoms with E-state index in [-0.39, 0.29) is 6.42 Å². The van der Waals surface area contributed by atoms with Crippen LogP contribution in [0.3, 0.4) is 0 Å². The summed E-state index contributed by atoms with van der Waals surface area (Å²) in [5.74, 6) is -3.80. The van der Waals surface area contributed by atoms with Crippen molar-refractivity contribution in [1.29, 1.82) is 0 Å². The van der Waals surface area contributed by atoms with Crippen LogP contribution in [0.25, 0.3) is 0 Å². The molecule has 0 aliphatic carbocycles. The molecule has 0 rings (SSSR count). The van der Waals surface area contributed by atoms with Crippen molar-refractivity contribution in [2.24, 2.45) is 5.92 Å². The topological polar surface area (TPSA) is 80.3 Å². The molecule has 5 nitrogen and oxygen atoms in total. The molecular formula is C9H13NO4. The number of carbonyl (C=O) groups excluding carboxylic acids is 4. The Balaban J connectivity index is 4.34. The zero-order chi connectivity index (χ0) is 11.3. The van der Waals surface area contributed by atoms with Gasteiger partial charge in [0.05, 0.1) is 5.92 Å². The number of nitrogens with one attached hydrogen (secondary N) is 1. The SMILES string of the molecule is CCC(=O)NC(=O)C(=O)C(C)C(C)=O. The van der Waals surface area contributed by atoms with E-state index in [0.717, 1.165) is 0 Å². The predicted octanol–water partition coefficient (Wildman–Crippen LogP) is -0.167. The van der Waals surface area contributed by atoms with Crippen molar-refractivity contribution in [2.45, 2.75) is 27.2 Å². The zero-order valence-electron chi connectivity index (χ0n) is 8.42. The summed E-state index contributed by atoms with van der Waals surface area (Å²) < 4.78 is 0. The number of hydrogen-bond donors (Lipinski definition) is 1. The average Bonchev–Trinajstić information content (AvgIpc) is 2.14. The van der Waals surface area contributed by atoms with E-state index in [0.29, 0.717) is 0 Å². The fraction of sp³-hybridized carbons (Fsp3) is 0.556. The van der Waals surface area contributed by atoms with Gasteiger partial charge in [0, 0.05) is 6.42 Å². The molecule has 1 unspecified atom stereocenters. The largest absolute Gasteiger partial charge is 0.299 e. The highest BCUT2D eigenvalue weighted by atomic mass is 16.2. The number of Topliss-reactive ketones (excluding diaryl/α,β-unsaturated/α-hetero) is 2. The molecule has 0 aliphatic heterocycles. The molecule has 0 radical (unpaired) electrons. The van der Waals surface area contributed by atoms with Crippen LogP contribution in [0.4, 0.5) is 0 Å². The third-order valence-corrected chi connectivity index (χ3v) is 1.80. The van der Waals surface area contributed by atoms with E-state index in [2.05, 4.69) is 0 Å². The maximum Gasteiger partial charge on any atom is 0.294 e. The number of hydrogen-bond acceptors (Lipinski definition) is 4. The Morgan fingerprint density at radius 2 is 1.71 bits per heavy atom. The Labute approximate surface area is 81.9 Å². The molecule has 0 aliphatic rings. The van der Waals surface area contributed by atoms with Gasteiger partial charge in [-0.25, -0.2) is 0 Å². The van der Waals surface area contributed by atoms with Crippen molar-refractivity contribution < 1.29 is 19.2 Å². The van der Waals surface area contributed by atoms with Gasteiger partial charge in [0.1, 0.15) is 5.78 Å². The first-order valence-corrected chi connectivity index (χ1v) is 4.28. The monoisotopic (exact) mass is 199 g/mol. The second-order valence-corrected chi connectivity index (χ2v) is 2.93. The summed E-state index contributed by atoms with van der Waals surface area (Å²) in [6.07, 6.45) is 0.119. The van der Waals surface area contributed by atoms with E-state index in [1.165, 1.54) is 13.8 Å². The van der Waals surface area contributed by atoms with Gasteiger partial charge < -0.3 is 0 Å². The zero-order valence-corrected chi connectivity index (χ0v) is 8.42. The van der Waals surface area contributed by atoms with Crippen LogP contribution in [0.2, 0.25) is 0 Å². The fourth-order valence-corrected chi connectivity index (χ4v) is 0.658. The number of ketones is 2. The van der Waals surface area contributed by atoms with Crippen LogP contribution in [-0.4, -0.2) is 23.4 Å². The maximum atomic E-state index is 11.2. The summed E-state index contributed by atoms with van der Waals surface area (Å²) in [5.41, 5.74) is 0. The Bertz CT molecular complexity index is 283. The van der Waals surface area contributed by atoms with Crippen molar-refractivity contribution in [2.75, 3.05) is 0 Å². The van der Waals surface area contributed by atoms with E-state index < -0.39 is 29.3 Å². The third kappa shape index (κ3) is 3.47. The van der Waals surface area contributed by atoms with Gasteiger partial charge in [-0.1, -0.05) is 6.92 Å². The van der Waals surface area contributed by atoms with Gasteiger partial charge in [0.15, 0.2) is 0 Å². The minimum Gasteiger partial charge on any atom is -0.299 e. The second kappa shape index (κ2) is 5.26. The Morgan fingerprint density at radius 3 is 2.07 bits per heavy atom. The molecule has 1 N–H and O–H groups in total. The van der Waals surface area contributed by atoms with Gasteiger partial charge in [0.2, 0.25) is 11.7 Å². The summed E-state index contributed by atoms with van der Waals surface area (Å²) in [6, 6.07) is 0. The third-order valence-electron chi connectivity index (χ3n) is 1.80. The standard InChI is InChI=1S/C9H13NO4/c1-4-7(12)10-9(14)8(13)5(2)6(3)11/h5H,4H2,1-3H3,(H,10,12,14). The van der Waals surface area contributed by atoms with Crippen LogP contribution < -0.4 is 5.32 Å². The Kier molecular flexibility index (Phi) is 4.69. The lowest BCUT2D eigenvalue weighted by molar-refractivity contribution is -0.145. The van der Waals surface area contributed by atoms with E-state index in [4.69, 9.17) is 0 Å².